The highest BCUT2D eigenvalue weighted by molar-refractivity contribution is 5.28. The van der Waals surface area contributed by atoms with Gasteiger partial charge in [0.25, 0.3) is 0 Å². The first kappa shape index (κ1) is 11.2. The number of aryl methyl sites for hydroxylation is 1. The molecule has 1 fully saturated rings. The molecule has 0 spiro atoms. The summed E-state index contributed by atoms with van der Waals surface area (Å²) >= 11 is 0. The van der Waals surface area contributed by atoms with Crippen LogP contribution >= 0.6 is 0 Å². The normalized spacial score (nSPS) is 23.6. The quantitative estimate of drug-likeness (QED) is 0.845. The molecular weight excluding hydrogens is 208 g/mol. The third-order valence-corrected chi connectivity index (χ3v) is 4.32. The number of hydrogen-bond donors (Lipinski definition) is 1. The van der Waals surface area contributed by atoms with E-state index in [2.05, 4.69) is 29.2 Å². The predicted molar refractivity (Wildman–Crippen MR) is 70.8 cm³/mol. The molecule has 0 aromatic heterocycles. The summed E-state index contributed by atoms with van der Waals surface area (Å²) < 4.78 is 0. The van der Waals surface area contributed by atoms with Gasteiger partial charge in [0.15, 0.2) is 0 Å². The molecule has 0 unspecified atom stereocenters. The maximum absolute atomic E-state index is 6.36. The summed E-state index contributed by atoms with van der Waals surface area (Å²) in [5.41, 5.74) is 9.53. The number of nitrogens with two attached hydrogens (primary N) is 1. The van der Waals surface area contributed by atoms with E-state index in [1.807, 2.05) is 0 Å². The smallest absolute Gasteiger partial charge is 0.0283 e. The largest absolute Gasteiger partial charge is 0.324 e. The van der Waals surface area contributed by atoms with Crippen LogP contribution in [0.4, 0.5) is 0 Å². The van der Waals surface area contributed by atoms with Gasteiger partial charge < -0.3 is 5.73 Å². The lowest BCUT2D eigenvalue weighted by atomic mass is 9.77. The first-order valence-corrected chi connectivity index (χ1v) is 6.83. The van der Waals surface area contributed by atoms with Gasteiger partial charge in [-0.05, 0) is 49.8 Å². The molecule has 17 heavy (non-hydrogen) atoms. The summed E-state index contributed by atoms with van der Waals surface area (Å²) in [7, 11) is 0. The van der Waals surface area contributed by atoms with E-state index in [1.54, 1.807) is 0 Å². The average Bonchev–Trinajstić information content (AvgIpc) is 2.48. The first-order chi connectivity index (χ1) is 8.25. The van der Waals surface area contributed by atoms with Crippen molar-refractivity contribution in [1.82, 2.24) is 4.90 Å². The van der Waals surface area contributed by atoms with Gasteiger partial charge in [-0.3, -0.25) is 4.90 Å². The minimum absolute atomic E-state index is 0.124. The van der Waals surface area contributed by atoms with Crippen LogP contribution in [-0.2, 0) is 13.0 Å². The molecule has 92 valence electrons. The maximum Gasteiger partial charge on any atom is 0.0283 e. The minimum Gasteiger partial charge on any atom is -0.324 e. The first-order valence-electron chi connectivity index (χ1n) is 6.83. The SMILES string of the molecule is NC1(CN2CCCc3ccccc3C2)CCC1. The Bertz CT molecular complexity index is 396. The highest BCUT2D eigenvalue weighted by atomic mass is 15.1. The Morgan fingerprint density at radius 3 is 2.59 bits per heavy atom. The van der Waals surface area contributed by atoms with Gasteiger partial charge in [0, 0.05) is 18.6 Å². The van der Waals surface area contributed by atoms with Crippen molar-refractivity contribution >= 4 is 0 Å². The maximum atomic E-state index is 6.36. The van der Waals surface area contributed by atoms with Crippen LogP contribution in [0, 0.1) is 0 Å². The number of fused-ring (bicyclic) bond motifs is 1. The third kappa shape index (κ3) is 2.38. The molecule has 0 radical (unpaired) electrons. The standard InChI is InChI=1S/C15H22N2/c16-15(8-4-9-15)12-17-10-3-7-13-5-1-2-6-14(13)11-17/h1-2,5-6H,3-4,7-12,16H2. The topological polar surface area (TPSA) is 29.3 Å². The Morgan fingerprint density at radius 1 is 1.12 bits per heavy atom. The molecule has 1 aliphatic carbocycles. The lowest BCUT2D eigenvalue weighted by molar-refractivity contribution is 0.141. The monoisotopic (exact) mass is 230 g/mol. The van der Waals surface area contributed by atoms with Gasteiger partial charge in [0.1, 0.15) is 0 Å². The van der Waals surface area contributed by atoms with Crippen LogP contribution in [0.2, 0.25) is 0 Å². The Labute approximate surface area is 104 Å². The van der Waals surface area contributed by atoms with Crippen molar-refractivity contribution in [2.45, 2.75) is 44.2 Å². The fourth-order valence-electron chi connectivity index (χ4n) is 3.14. The Balaban J connectivity index is 1.72. The molecule has 2 nitrogen and oxygen atoms in total. The molecule has 1 aliphatic heterocycles. The van der Waals surface area contributed by atoms with Crippen LogP contribution in [0.3, 0.4) is 0 Å². The number of hydrogen-bond acceptors (Lipinski definition) is 2. The molecule has 3 rings (SSSR count). The van der Waals surface area contributed by atoms with Crippen molar-refractivity contribution in [2.24, 2.45) is 5.73 Å². The van der Waals surface area contributed by atoms with Gasteiger partial charge >= 0.3 is 0 Å². The summed E-state index contributed by atoms with van der Waals surface area (Å²) in [6.07, 6.45) is 6.24. The lowest BCUT2D eigenvalue weighted by Gasteiger charge is -2.41. The second kappa shape index (κ2) is 4.43. The van der Waals surface area contributed by atoms with E-state index < -0.39 is 0 Å². The molecule has 1 saturated carbocycles. The highest BCUT2D eigenvalue weighted by Crippen LogP contribution is 2.31. The zero-order valence-electron chi connectivity index (χ0n) is 10.5. The molecular formula is C15H22N2. The van der Waals surface area contributed by atoms with E-state index in [0.717, 1.165) is 13.1 Å². The van der Waals surface area contributed by atoms with Crippen LogP contribution in [0.25, 0.3) is 0 Å². The summed E-state index contributed by atoms with van der Waals surface area (Å²) in [5, 5.41) is 0. The van der Waals surface area contributed by atoms with Gasteiger partial charge in [0.05, 0.1) is 0 Å². The molecule has 0 bridgehead atoms. The molecule has 1 aromatic rings. The number of nitrogens with zero attached hydrogens (tertiary/aromatic N) is 1. The molecule has 2 N–H and O–H groups in total. The molecule has 1 heterocycles. The van der Waals surface area contributed by atoms with E-state index in [4.69, 9.17) is 5.73 Å². The zero-order valence-corrected chi connectivity index (χ0v) is 10.5. The van der Waals surface area contributed by atoms with Crippen LogP contribution < -0.4 is 5.73 Å². The summed E-state index contributed by atoms with van der Waals surface area (Å²) in [5.74, 6) is 0. The van der Waals surface area contributed by atoms with E-state index in [9.17, 15) is 0 Å². The van der Waals surface area contributed by atoms with Crippen molar-refractivity contribution in [3.8, 4) is 0 Å². The summed E-state index contributed by atoms with van der Waals surface area (Å²) in [6, 6.07) is 8.87. The van der Waals surface area contributed by atoms with Gasteiger partial charge in [-0.1, -0.05) is 24.3 Å². The lowest BCUT2D eigenvalue weighted by Crippen LogP contribution is -2.54. The van der Waals surface area contributed by atoms with Crippen molar-refractivity contribution in [3.05, 3.63) is 35.4 Å². The molecule has 1 aromatic carbocycles. The molecule has 2 aliphatic rings. The Kier molecular flexibility index (Phi) is 2.93. The third-order valence-electron chi connectivity index (χ3n) is 4.32. The van der Waals surface area contributed by atoms with E-state index in [-0.39, 0.29) is 5.54 Å². The van der Waals surface area contributed by atoms with Gasteiger partial charge in [-0.15, -0.1) is 0 Å². The number of benzene rings is 1. The van der Waals surface area contributed by atoms with E-state index >= 15 is 0 Å². The highest BCUT2D eigenvalue weighted by Gasteiger charge is 2.34. The van der Waals surface area contributed by atoms with Crippen LogP contribution in [0.15, 0.2) is 24.3 Å². The van der Waals surface area contributed by atoms with Crippen LogP contribution in [-0.4, -0.2) is 23.5 Å². The van der Waals surface area contributed by atoms with Crippen LogP contribution in [0.1, 0.15) is 36.8 Å². The molecule has 0 amide bonds. The van der Waals surface area contributed by atoms with Gasteiger partial charge in [-0.2, -0.15) is 0 Å². The Morgan fingerprint density at radius 2 is 1.88 bits per heavy atom. The van der Waals surface area contributed by atoms with E-state index in [1.165, 1.54) is 49.8 Å². The molecule has 0 saturated heterocycles. The zero-order chi connectivity index (χ0) is 11.7. The van der Waals surface area contributed by atoms with Crippen molar-refractivity contribution in [1.29, 1.82) is 0 Å². The fraction of sp³-hybridized carbons (Fsp3) is 0.600. The predicted octanol–water partition coefficient (Wildman–Crippen LogP) is 2.32. The number of rotatable bonds is 2. The van der Waals surface area contributed by atoms with E-state index in [0.29, 0.717) is 0 Å². The van der Waals surface area contributed by atoms with Crippen molar-refractivity contribution < 1.29 is 0 Å². The van der Waals surface area contributed by atoms with Crippen LogP contribution in [0.5, 0.6) is 0 Å². The summed E-state index contributed by atoms with van der Waals surface area (Å²) in [4.78, 5) is 2.56. The summed E-state index contributed by atoms with van der Waals surface area (Å²) in [6.45, 7) is 3.38. The average molecular weight is 230 g/mol. The molecule has 0 atom stereocenters. The minimum atomic E-state index is 0.124. The second-order valence-electron chi connectivity index (χ2n) is 5.80. The second-order valence-corrected chi connectivity index (χ2v) is 5.80. The van der Waals surface area contributed by atoms with Gasteiger partial charge in [0.2, 0.25) is 0 Å². The van der Waals surface area contributed by atoms with Gasteiger partial charge in [-0.25, -0.2) is 0 Å². The molecule has 2 heteroatoms. The Hall–Kier alpha value is -0.860. The van der Waals surface area contributed by atoms with Crippen molar-refractivity contribution in [3.63, 3.8) is 0 Å². The van der Waals surface area contributed by atoms with Crippen molar-refractivity contribution in [2.75, 3.05) is 13.1 Å². The fourth-order valence-corrected chi connectivity index (χ4v) is 3.14.